The van der Waals surface area contributed by atoms with Gasteiger partial charge in [-0.15, -0.1) is 0 Å². The van der Waals surface area contributed by atoms with Gasteiger partial charge in [-0.3, -0.25) is 4.90 Å². The number of ether oxygens (including phenoxy) is 4. The highest BCUT2D eigenvalue weighted by molar-refractivity contribution is 5.69. The Kier molecular flexibility index (Phi) is 10.7. The van der Waals surface area contributed by atoms with Crippen LogP contribution in [0.5, 0.6) is 0 Å². The fourth-order valence-corrected chi connectivity index (χ4v) is 5.15. The van der Waals surface area contributed by atoms with Gasteiger partial charge in [0, 0.05) is 0 Å². The van der Waals surface area contributed by atoms with Crippen molar-refractivity contribution in [2.75, 3.05) is 13.2 Å². The number of rotatable bonds is 13. The predicted molar refractivity (Wildman–Crippen MR) is 159 cm³/mol. The van der Waals surface area contributed by atoms with E-state index in [2.05, 4.69) is 0 Å². The van der Waals surface area contributed by atoms with Gasteiger partial charge in [-0.25, -0.2) is 4.79 Å². The molecule has 4 aromatic carbocycles. The topological polar surface area (TPSA) is 77.5 Å². The van der Waals surface area contributed by atoms with Crippen molar-refractivity contribution in [3.8, 4) is 0 Å². The average molecular weight is 568 g/mol. The van der Waals surface area contributed by atoms with E-state index >= 15 is 0 Å². The number of carbonyl (C=O) groups is 1. The largest absolute Gasteiger partial charge is 0.445 e. The molecule has 0 bridgehead atoms. The molecule has 1 N–H and O–H groups in total. The Morgan fingerprint density at radius 2 is 0.976 bits per heavy atom. The number of likely N-dealkylation sites (tertiary alicyclic amines) is 1. The summed E-state index contributed by atoms with van der Waals surface area (Å²) in [5.41, 5.74) is 3.86. The molecule has 218 valence electrons. The minimum absolute atomic E-state index is 0.108. The highest BCUT2D eigenvalue weighted by atomic mass is 16.6. The first-order valence-corrected chi connectivity index (χ1v) is 14.2. The molecule has 1 aliphatic rings. The molecule has 0 spiro atoms. The van der Waals surface area contributed by atoms with E-state index in [1.807, 2.05) is 121 Å². The van der Waals surface area contributed by atoms with Gasteiger partial charge in [-0.2, -0.15) is 0 Å². The van der Waals surface area contributed by atoms with Crippen molar-refractivity contribution in [3.63, 3.8) is 0 Å². The highest BCUT2D eigenvalue weighted by Gasteiger charge is 2.52. The molecule has 0 radical (unpaired) electrons. The zero-order chi connectivity index (χ0) is 29.0. The second-order valence-corrected chi connectivity index (χ2v) is 10.3. The van der Waals surface area contributed by atoms with E-state index in [-0.39, 0.29) is 26.4 Å². The van der Waals surface area contributed by atoms with Gasteiger partial charge in [0.1, 0.15) is 18.8 Å². The van der Waals surface area contributed by atoms with Crippen LogP contribution in [-0.2, 0) is 45.4 Å². The van der Waals surface area contributed by atoms with Crippen molar-refractivity contribution < 1.29 is 28.8 Å². The Balaban J connectivity index is 1.35. The number of carbonyl (C=O) groups excluding carboxylic acids is 1. The maximum Gasteiger partial charge on any atom is 0.410 e. The summed E-state index contributed by atoms with van der Waals surface area (Å²) in [7, 11) is 0. The summed E-state index contributed by atoms with van der Waals surface area (Å²) in [4.78, 5) is 15.3. The number of benzene rings is 4. The Bertz CT molecular complexity index is 1340. The molecule has 7 heteroatoms. The fraction of sp³-hybridized carbons (Fsp3) is 0.286. The summed E-state index contributed by atoms with van der Waals surface area (Å²) in [5.74, 6) is 0. The number of aliphatic hydroxyl groups excluding tert-OH is 1. The lowest BCUT2D eigenvalue weighted by molar-refractivity contribution is -0.0583. The second-order valence-electron chi connectivity index (χ2n) is 10.3. The van der Waals surface area contributed by atoms with Crippen LogP contribution in [0.3, 0.4) is 0 Å². The van der Waals surface area contributed by atoms with E-state index in [0.717, 1.165) is 22.3 Å². The second kappa shape index (κ2) is 15.3. The van der Waals surface area contributed by atoms with E-state index in [9.17, 15) is 9.90 Å². The summed E-state index contributed by atoms with van der Waals surface area (Å²) >= 11 is 0. The Morgan fingerprint density at radius 3 is 1.45 bits per heavy atom. The van der Waals surface area contributed by atoms with Crippen LogP contribution in [0.4, 0.5) is 4.79 Å². The van der Waals surface area contributed by atoms with Crippen molar-refractivity contribution in [3.05, 3.63) is 144 Å². The van der Waals surface area contributed by atoms with Gasteiger partial charge in [0.05, 0.1) is 45.1 Å². The van der Waals surface area contributed by atoms with E-state index < -0.39 is 30.4 Å². The first kappa shape index (κ1) is 29.5. The smallest absolute Gasteiger partial charge is 0.410 e. The van der Waals surface area contributed by atoms with Crippen LogP contribution in [-0.4, -0.2) is 53.6 Å². The summed E-state index contributed by atoms with van der Waals surface area (Å²) in [6.45, 7) is 1.36. The number of nitrogens with zero attached hydrogens (tertiary/aromatic N) is 1. The summed E-state index contributed by atoms with van der Waals surface area (Å²) < 4.78 is 24.3. The molecule has 1 amide bonds. The van der Waals surface area contributed by atoms with Gasteiger partial charge in [-0.1, -0.05) is 121 Å². The quantitative estimate of drug-likeness (QED) is 0.222. The minimum Gasteiger partial charge on any atom is -0.445 e. The van der Waals surface area contributed by atoms with Gasteiger partial charge in [0.15, 0.2) is 0 Å². The number of hydrogen-bond donors (Lipinski definition) is 1. The van der Waals surface area contributed by atoms with Gasteiger partial charge >= 0.3 is 6.09 Å². The molecule has 0 saturated carbocycles. The molecule has 1 aliphatic heterocycles. The van der Waals surface area contributed by atoms with E-state index in [4.69, 9.17) is 18.9 Å². The van der Waals surface area contributed by atoms with Crippen LogP contribution in [0.2, 0.25) is 0 Å². The molecule has 1 saturated heterocycles. The van der Waals surface area contributed by atoms with Crippen LogP contribution in [0.25, 0.3) is 0 Å². The van der Waals surface area contributed by atoms with E-state index in [1.54, 1.807) is 4.90 Å². The Morgan fingerprint density at radius 1 is 0.571 bits per heavy atom. The molecule has 42 heavy (non-hydrogen) atoms. The van der Waals surface area contributed by atoms with Crippen LogP contribution in [0.1, 0.15) is 22.3 Å². The fourth-order valence-electron chi connectivity index (χ4n) is 5.15. The van der Waals surface area contributed by atoms with Crippen LogP contribution >= 0.6 is 0 Å². The molecule has 7 nitrogen and oxygen atoms in total. The maximum atomic E-state index is 13.7. The molecule has 4 atom stereocenters. The van der Waals surface area contributed by atoms with Crippen LogP contribution < -0.4 is 0 Å². The molecular formula is C35H37NO6. The Hall–Kier alpha value is -4.01. The van der Waals surface area contributed by atoms with E-state index in [0.29, 0.717) is 13.2 Å². The lowest BCUT2D eigenvalue weighted by atomic mass is 10.1. The SMILES string of the molecule is O=C(OCc1ccccc1)N1C(COCc2ccccc2)C(O)C(OCc2ccccc2)C1COCc1ccccc1. The van der Waals surface area contributed by atoms with Gasteiger partial charge < -0.3 is 24.1 Å². The first-order valence-electron chi connectivity index (χ1n) is 14.2. The third-order valence-corrected chi connectivity index (χ3v) is 7.33. The summed E-state index contributed by atoms with van der Waals surface area (Å²) in [6.07, 6.45) is -2.28. The minimum atomic E-state index is -1.01. The normalized spacial score (nSPS) is 20.0. The van der Waals surface area contributed by atoms with Crippen molar-refractivity contribution in [2.24, 2.45) is 0 Å². The van der Waals surface area contributed by atoms with E-state index in [1.165, 1.54) is 0 Å². The molecule has 4 unspecified atom stereocenters. The van der Waals surface area contributed by atoms with Crippen LogP contribution in [0.15, 0.2) is 121 Å². The number of hydrogen-bond acceptors (Lipinski definition) is 6. The molecule has 1 heterocycles. The molecule has 0 aliphatic carbocycles. The summed E-state index contributed by atoms with van der Waals surface area (Å²) in [5, 5.41) is 11.6. The average Bonchev–Trinajstić information content (AvgIpc) is 3.30. The number of amides is 1. The Labute approximate surface area is 247 Å². The summed E-state index contributed by atoms with van der Waals surface area (Å²) in [6, 6.07) is 37.6. The molecular weight excluding hydrogens is 530 g/mol. The molecule has 0 aromatic heterocycles. The lowest BCUT2D eigenvalue weighted by Gasteiger charge is -2.30. The number of aliphatic hydroxyl groups is 1. The van der Waals surface area contributed by atoms with Crippen LogP contribution in [0, 0.1) is 0 Å². The lowest BCUT2D eigenvalue weighted by Crippen LogP contribution is -2.48. The predicted octanol–water partition coefficient (Wildman–Crippen LogP) is 5.76. The standard InChI is InChI=1S/C35H37NO6/c37-33-31(25-39-21-27-13-5-1-6-14-27)36(35(38)42-24-30-19-11-4-12-20-30)32(26-40-22-28-15-7-2-8-16-28)34(33)41-23-29-17-9-3-10-18-29/h1-20,31-34,37H,21-26H2. The first-order chi connectivity index (χ1) is 20.7. The maximum absolute atomic E-state index is 13.7. The third-order valence-electron chi connectivity index (χ3n) is 7.33. The van der Waals surface area contributed by atoms with Crippen molar-refractivity contribution in [1.82, 2.24) is 4.90 Å². The monoisotopic (exact) mass is 567 g/mol. The zero-order valence-electron chi connectivity index (χ0n) is 23.5. The zero-order valence-corrected chi connectivity index (χ0v) is 23.5. The molecule has 5 rings (SSSR count). The van der Waals surface area contributed by atoms with Gasteiger partial charge in [0.2, 0.25) is 0 Å². The van der Waals surface area contributed by atoms with Crippen molar-refractivity contribution in [2.45, 2.75) is 50.7 Å². The van der Waals surface area contributed by atoms with Crippen molar-refractivity contribution in [1.29, 1.82) is 0 Å². The molecule has 1 fully saturated rings. The van der Waals surface area contributed by atoms with Crippen molar-refractivity contribution >= 4 is 6.09 Å². The van der Waals surface area contributed by atoms with Gasteiger partial charge in [0.25, 0.3) is 0 Å². The third kappa shape index (κ3) is 8.05. The van der Waals surface area contributed by atoms with Gasteiger partial charge in [-0.05, 0) is 22.3 Å². The molecule has 4 aromatic rings. The highest BCUT2D eigenvalue weighted by Crippen LogP contribution is 2.31.